The molecule has 19 heavy (non-hydrogen) atoms. The smallest absolute Gasteiger partial charge is 0.204 e. The third-order valence-corrected chi connectivity index (χ3v) is 4.69. The normalized spacial score (nSPS) is 35.1. The predicted molar refractivity (Wildman–Crippen MR) is 69.7 cm³/mol. The number of aliphatic hydroxyl groups is 1. The first-order valence-corrected chi connectivity index (χ1v) is 7.16. The summed E-state index contributed by atoms with van der Waals surface area (Å²) in [5, 5.41) is 10.1. The predicted octanol–water partition coefficient (Wildman–Crippen LogP) is 0.756. The van der Waals surface area contributed by atoms with Gasteiger partial charge >= 0.3 is 0 Å². The Bertz CT molecular complexity index is 442. The molecule has 1 saturated heterocycles. The molecule has 104 valence electrons. The van der Waals surface area contributed by atoms with Crippen molar-refractivity contribution < 1.29 is 14.7 Å². The van der Waals surface area contributed by atoms with Crippen molar-refractivity contribution in [2.24, 2.45) is 16.3 Å². The second kappa shape index (κ2) is 4.49. The average Bonchev–Trinajstić information content (AvgIpc) is 3.20. The SMILES string of the molecule is CCC=NC(O)N1CCCC2C(=O)C3(CC3)C(=O)C21. The van der Waals surface area contributed by atoms with Crippen LogP contribution in [0.4, 0.5) is 0 Å². The second-order valence-electron chi connectivity index (χ2n) is 5.83. The molecule has 0 radical (unpaired) electrons. The number of piperidine rings is 1. The van der Waals surface area contributed by atoms with Crippen molar-refractivity contribution in [2.45, 2.75) is 51.4 Å². The molecule has 1 spiro atoms. The largest absolute Gasteiger partial charge is 0.359 e. The van der Waals surface area contributed by atoms with Gasteiger partial charge in [0.05, 0.1) is 11.5 Å². The molecule has 0 amide bonds. The highest BCUT2D eigenvalue weighted by Crippen LogP contribution is 2.57. The summed E-state index contributed by atoms with van der Waals surface area (Å²) in [6, 6.07) is -0.437. The van der Waals surface area contributed by atoms with E-state index in [0.29, 0.717) is 19.4 Å². The number of ketones is 2. The summed E-state index contributed by atoms with van der Waals surface area (Å²) in [7, 11) is 0. The van der Waals surface area contributed by atoms with Gasteiger partial charge in [0.2, 0.25) is 6.35 Å². The van der Waals surface area contributed by atoms with Crippen LogP contribution < -0.4 is 0 Å². The first-order valence-electron chi connectivity index (χ1n) is 7.16. The van der Waals surface area contributed by atoms with Gasteiger partial charge in [-0.15, -0.1) is 0 Å². The van der Waals surface area contributed by atoms with Crippen LogP contribution in [0.25, 0.3) is 0 Å². The van der Waals surface area contributed by atoms with E-state index < -0.39 is 17.8 Å². The summed E-state index contributed by atoms with van der Waals surface area (Å²) < 4.78 is 0. The summed E-state index contributed by atoms with van der Waals surface area (Å²) in [5.41, 5.74) is -0.674. The van der Waals surface area contributed by atoms with Gasteiger partial charge in [0, 0.05) is 18.7 Å². The van der Waals surface area contributed by atoms with Crippen LogP contribution in [-0.2, 0) is 9.59 Å². The number of fused-ring (bicyclic) bond motifs is 1. The van der Waals surface area contributed by atoms with Gasteiger partial charge in [-0.05, 0) is 32.1 Å². The van der Waals surface area contributed by atoms with Crippen LogP contribution in [0.15, 0.2) is 4.99 Å². The van der Waals surface area contributed by atoms with E-state index in [9.17, 15) is 14.7 Å². The number of hydrogen-bond donors (Lipinski definition) is 1. The molecule has 0 aromatic heterocycles. The van der Waals surface area contributed by atoms with Crippen LogP contribution in [0.2, 0.25) is 0 Å². The fourth-order valence-corrected chi connectivity index (χ4v) is 3.55. The number of hydrogen-bond acceptors (Lipinski definition) is 5. The molecule has 1 N–H and O–H groups in total. The highest BCUT2D eigenvalue weighted by molar-refractivity contribution is 6.19. The lowest BCUT2D eigenvalue weighted by Gasteiger charge is -2.37. The van der Waals surface area contributed by atoms with Gasteiger partial charge in [-0.25, -0.2) is 4.90 Å². The number of aliphatic hydroxyl groups excluding tert-OH is 1. The van der Waals surface area contributed by atoms with E-state index in [0.717, 1.165) is 19.3 Å². The van der Waals surface area contributed by atoms with E-state index in [2.05, 4.69) is 4.99 Å². The molecule has 1 aliphatic heterocycles. The molecule has 3 fully saturated rings. The molecule has 0 aromatic rings. The molecule has 3 unspecified atom stereocenters. The third kappa shape index (κ3) is 1.79. The molecule has 1 heterocycles. The molecule has 3 rings (SSSR count). The van der Waals surface area contributed by atoms with Gasteiger partial charge in [-0.2, -0.15) is 0 Å². The van der Waals surface area contributed by atoms with Gasteiger partial charge in [-0.1, -0.05) is 6.92 Å². The maximum absolute atomic E-state index is 12.5. The maximum Gasteiger partial charge on any atom is 0.204 e. The average molecular weight is 264 g/mol. The Kier molecular flexibility index (Phi) is 3.06. The Hall–Kier alpha value is -1.07. The van der Waals surface area contributed by atoms with Crippen molar-refractivity contribution in [3.63, 3.8) is 0 Å². The Morgan fingerprint density at radius 1 is 1.47 bits per heavy atom. The Labute approximate surface area is 112 Å². The molecular formula is C14H20N2O3. The number of nitrogens with zero attached hydrogens (tertiary/aromatic N) is 2. The lowest BCUT2D eigenvalue weighted by atomic mass is 9.91. The Morgan fingerprint density at radius 3 is 2.84 bits per heavy atom. The Morgan fingerprint density at radius 2 is 2.21 bits per heavy atom. The standard InChI is InChI=1S/C14H20N2O3/c1-2-7-15-13(19)16-8-3-4-9-10(16)12(18)14(5-6-14)11(9)17/h7,9-10,13,19H,2-6,8H2,1H3. The number of aliphatic imine (C=N–C) groups is 1. The maximum atomic E-state index is 12.5. The van der Waals surface area contributed by atoms with Crippen molar-refractivity contribution in [1.29, 1.82) is 0 Å². The lowest BCUT2D eigenvalue weighted by Crippen LogP contribution is -2.51. The molecule has 5 nitrogen and oxygen atoms in total. The quantitative estimate of drug-likeness (QED) is 0.603. The zero-order chi connectivity index (χ0) is 13.6. The summed E-state index contributed by atoms with van der Waals surface area (Å²) in [6.07, 6.45) is 4.45. The number of rotatable bonds is 3. The van der Waals surface area contributed by atoms with Crippen LogP contribution in [0.3, 0.4) is 0 Å². The van der Waals surface area contributed by atoms with Crippen LogP contribution in [-0.4, -0.2) is 46.7 Å². The van der Waals surface area contributed by atoms with Gasteiger partial charge in [0.1, 0.15) is 0 Å². The zero-order valence-corrected chi connectivity index (χ0v) is 11.2. The molecule has 2 saturated carbocycles. The van der Waals surface area contributed by atoms with Crippen LogP contribution in [0, 0.1) is 11.3 Å². The minimum absolute atomic E-state index is 0.0351. The van der Waals surface area contributed by atoms with E-state index in [1.54, 1.807) is 11.1 Å². The molecule has 3 atom stereocenters. The number of likely N-dealkylation sites (tertiary alicyclic amines) is 1. The monoisotopic (exact) mass is 264 g/mol. The van der Waals surface area contributed by atoms with Crippen LogP contribution >= 0.6 is 0 Å². The van der Waals surface area contributed by atoms with E-state index in [1.807, 2.05) is 6.92 Å². The Balaban J connectivity index is 1.85. The lowest BCUT2D eigenvalue weighted by molar-refractivity contribution is -0.133. The summed E-state index contributed by atoms with van der Waals surface area (Å²) in [5.74, 6) is -0.0537. The van der Waals surface area contributed by atoms with Gasteiger partial charge in [0.15, 0.2) is 11.6 Å². The summed E-state index contributed by atoms with van der Waals surface area (Å²) in [6.45, 7) is 2.58. The first-order chi connectivity index (χ1) is 9.12. The van der Waals surface area contributed by atoms with E-state index in [1.165, 1.54) is 0 Å². The molecule has 5 heteroatoms. The van der Waals surface area contributed by atoms with Crippen LogP contribution in [0.5, 0.6) is 0 Å². The van der Waals surface area contributed by atoms with Crippen molar-refractivity contribution in [1.82, 2.24) is 4.90 Å². The van der Waals surface area contributed by atoms with E-state index in [-0.39, 0.29) is 17.5 Å². The van der Waals surface area contributed by atoms with E-state index in [4.69, 9.17) is 0 Å². The van der Waals surface area contributed by atoms with Crippen molar-refractivity contribution >= 4 is 17.8 Å². The third-order valence-electron chi connectivity index (χ3n) is 4.69. The zero-order valence-electron chi connectivity index (χ0n) is 11.2. The van der Waals surface area contributed by atoms with Gasteiger partial charge in [0.25, 0.3) is 0 Å². The summed E-state index contributed by atoms with van der Waals surface area (Å²) in [4.78, 5) is 30.6. The minimum atomic E-state index is -0.988. The number of Topliss-reactive ketones (excluding diaryl/α,β-unsaturated/α-hetero) is 2. The topological polar surface area (TPSA) is 70.0 Å². The van der Waals surface area contributed by atoms with Gasteiger partial charge < -0.3 is 5.11 Å². The van der Waals surface area contributed by atoms with Gasteiger partial charge in [-0.3, -0.25) is 14.6 Å². The summed E-state index contributed by atoms with van der Waals surface area (Å²) >= 11 is 0. The first kappa shape index (κ1) is 12.9. The van der Waals surface area contributed by atoms with Crippen molar-refractivity contribution in [3.05, 3.63) is 0 Å². The van der Waals surface area contributed by atoms with Crippen LogP contribution in [0.1, 0.15) is 39.0 Å². The second-order valence-corrected chi connectivity index (χ2v) is 5.83. The molecule has 3 aliphatic rings. The van der Waals surface area contributed by atoms with E-state index >= 15 is 0 Å². The fourth-order valence-electron chi connectivity index (χ4n) is 3.55. The number of carbonyl (C=O) groups is 2. The minimum Gasteiger partial charge on any atom is -0.359 e. The highest BCUT2D eigenvalue weighted by atomic mass is 16.3. The molecular weight excluding hydrogens is 244 g/mol. The fraction of sp³-hybridized carbons (Fsp3) is 0.786. The molecule has 0 bridgehead atoms. The highest BCUT2D eigenvalue weighted by Gasteiger charge is 2.68. The van der Waals surface area contributed by atoms with Crippen molar-refractivity contribution in [3.8, 4) is 0 Å². The number of carbonyl (C=O) groups excluding carboxylic acids is 2. The molecule has 0 aromatic carbocycles. The van der Waals surface area contributed by atoms with Crippen molar-refractivity contribution in [2.75, 3.05) is 6.54 Å². The molecule has 2 aliphatic carbocycles.